The second kappa shape index (κ2) is 5.59. The van der Waals surface area contributed by atoms with Gasteiger partial charge in [-0.15, -0.1) is 0 Å². The van der Waals surface area contributed by atoms with Crippen LogP contribution in [-0.2, 0) is 4.79 Å². The summed E-state index contributed by atoms with van der Waals surface area (Å²) >= 11 is 0. The van der Waals surface area contributed by atoms with Crippen LogP contribution < -0.4 is 5.32 Å². The number of carbonyl (C=O) groups excluding carboxylic acids is 2. The molecule has 1 aliphatic carbocycles. The fourth-order valence-electron chi connectivity index (χ4n) is 4.25. The topological polar surface area (TPSA) is 52.7 Å². The van der Waals surface area contributed by atoms with Gasteiger partial charge in [-0.3, -0.25) is 14.6 Å². The summed E-state index contributed by atoms with van der Waals surface area (Å²) in [7, 11) is 0. The molecule has 0 bridgehead atoms. The molecule has 118 valence electrons. The molecule has 0 aromatic carbocycles. The smallest absolute Gasteiger partial charge is 0.324 e. The Hall–Kier alpha value is -1.10. The number of likely N-dealkylation sites (tertiary alicyclic amines) is 1. The van der Waals surface area contributed by atoms with Gasteiger partial charge >= 0.3 is 6.03 Å². The first-order valence-corrected chi connectivity index (χ1v) is 8.37. The van der Waals surface area contributed by atoms with Crippen LogP contribution in [-0.4, -0.2) is 53.0 Å². The monoisotopic (exact) mass is 293 g/mol. The van der Waals surface area contributed by atoms with E-state index in [1.54, 1.807) is 13.8 Å². The number of nitrogens with one attached hydrogen (secondary N) is 1. The summed E-state index contributed by atoms with van der Waals surface area (Å²) in [6, 6.07) is 0.448. The second-order valence-electron chi connectivity index (χ2n) is 7.30. The van der Waals surface area contributed by atoms with Crippen molar-refractivity contribution in [3.8, 4) is 0 Å². The minimum absolute atomic E-state index is 0.0929. The number of amides is 3. The van der Waals surface area contributed by atoms with E-state index in [2.05, 4.69) is 10.2 Å². The van der Waals surface area contributed by atoms with Gasteiger partial charge in [0.1, 0.15) is 5.54 Å². The molecule has 3 aliphatic rings. The highest BCUT2D eigenvalue weighted by Crippen LogP contribution is 2.35. The maximum atomic E-state index is 12.2. The Kier molecular flexibility index (Phi) is 3.95. The average Bonchev–Trinajstić information content (AvgIpc) is 2.65. The first-order chi connectivity index (χ1) is 9.99. The summed E-state index contributed by atoms with van der Waals surface area (Å²) in [4.78, 5) is 28.1. The van der Waals surface area contributed by atoms with Crippen LogP contribution in [0.15, 0.2) is 0 Å². The van der Waals surface area contributed by atoms with Crippen molar-refractivity contribution < 1.29 is 9.59 Å². The van der Waals surface area contributed by atoms with Gasteiger partial charge in [0, 0.05) is 19.1 Å². The van der Waals surface area contributed by atoms with Crippen molar-refractivity contribution in [1.29, 1.82) is 0 Å². The molecule has 2 aliphatic heterocycles. The zero-order valence-electron chi connectivity index (χ0n) is 13.2. The summed E-state index contributed by atoms with van der Waals surface area (Å²) in [6.07, 6.45) is 7.96. The lowest BCUT2D eigenvalue weighted by atomic mass is 9.78. The van der Waals surface area contributed by atoms with Crippen LogP contribution in [0.4, 0.5) is 4.79 Å². The summed E-state index contributed by atoms with van der Waals surface area (Å²) in [6.45, 7) is 6.01. The lowest BCUT2D eigenvalue weighted by Crippen LogP contribution is -2.50. The van der Waals surface area contributed by atoms with Crippen molar-refractivity contribution in [2.45, 2.75) is 64.0 Å². The molecule has 5 heteroatoms. The third-order valence-corrected chi connectivity index (χ3v) is 5.41. The fraction of sp³-hybridized carbons (Fsp3) is 0.875. The molecule has 0 aromatic rings. The average molecular weight is 293 g/mol. The van der Waals surface area contributed by atoms with E-state index >= 15 is 0 Å². The van der Waals surface area contributed by atoms with Crippen LogP contribution in [0.3, 0.4) is 0 Å². The molecule has 0 radical (unpaired) electrons. The molecule has 21 heavy (non-hydrogen) atoms. The van der Waals surface area contributed by atoms with Crippen molar-refractivity contribution in [2.75, 3.05) is 19.6 Å². The van der Waals surface area contributed by atoms with E-state index in [1.807, 2.05) is 0 Å². The van der Waals surface area contributed by atoms with Gasteiger partial charge < -0.3 is 5.32 Å². The van der Waals surface area contributed by atoms with Crippen LogP contribution in [0.2, 0.25) is 0 Å². The van der Waals surface area contributed by atoms with E-state index in [0.717, 1.165) is 19.0 Å². The zero-order chi connectivity index (χ0) is 15.0. The lowest BCUT2D eigenvalue weighted by Gasteiger charge is -2.44. The molecule has 3 fully saturated rings. The molecular formula is C16H27N3O2. The second-order valence-corrected chi connectivity index (χ2v) is 7.30. The number of fused-ring (bicyclic) bond motifs is 1. The van der Waals surface area contributed by atoms with Crippen molar-refractivity contribution >= 4 is 11.9 Å². The van der Waals surface area contributed by atoms with Crippen LogP contribution in [0.25, 0.3) is 0 Å². The minimum atomic E-state index is -0.744. The van der Waals surface area contributed by atoms with Crippen LogP contribution in [0.1, 0.15) is 52.4 Å². The number of imide groups is 1. The number of piperidine rings is 1. The molecule has 0 unspecified atom stereocenters. The van der Waals surface area contributed by atoms with Crippen molar-refractivity contribution in [3.05, 3.63) is 0 Å². The van der Waals surface area contributed by atoms with Gasteiger partial charge in [-0.2, -0.15) is 0 Å². The number of hydrogen-bond donors (Lipinski definition) is 1. The standard InChI is InChI=1S/C16H27N3O2/c1-16(2)14(20)19(15(21)17-16)11-10-18-9-5-7-12-6-3-4-8-13(12)18/h12-13H,3-11H2,1-2H3,(H,17,21)/t12-,13-/m0/s1. The SMILES string of the molecule is CC1(C)NC(=O)N(CCN2CCC[C@@H]3CCCC[C@@H]32)C1=O. The number of nitrogens with zero attached hydrogens (tertiary/aromatic N) is 2. The van der Waals surface area contributed by atoms with Crippen molar-refractivity contribution in [2.24, 2.45) is 5.92 Å². The predicted octanol–water partition coefficient (Wildman–Crippen LogP) is 1.97. The summed E-state index contributed by atoms with van der Waals surface area (Å²) in [5, 5.41) is 2.76. The molecule has 2 atom stereocenters. The first-order valence-electron chi connectivity index (χ1n) is 8.37. The zero-order valence-corrected chi connectivity index (χ0v) is 13.2. The third kappa shape index (κ3) is 2.80. The van der Waals surface area contributed by atoms with E-state index in [1.165, 1.54) is 43.4 Å². The van der Waals surface area contributed by atoms with Crippen LogP contribution >= 0.6 is 0 Å². The Morgan fingerprint density at radius 3 is 2.52 bits per heavy atom. The van der Waals surface area contributed by atoms with Crippen LogP contribution in [0, 0.1) is 5.92 Å². The summed E-state index contributed by atoms with van der Waals surface area (Å²) in [5.41, 5.74) is -0.744. The molecular weight excluding hydrogens is 266 g/mol. The molecule has 2 heterocycles. The van der Waals surface area contributed by atoms with Crippen LogP contribution in [0.5, 0.6) is 0 Å². The van der Waals surface area contributed by atoms with Gasteiger partial charge in [0.05, 0.1) is 0 Å². The quantitative estimate of drug-likeness (QED) is 0.809. The minimum Gasteiger partial charge on any atom is -0.324 e. The van der Waals surface area contributed by atoms with Gasteiger partial charge in [-0.1, -0.05) is 12.8 Å². The number of hydrogen-bond acceptors (Lipinski definition) is 3. The highest BCUT2D eigenvalue weighted by atomic mass is 16.2. The Labute approximate surface area is 127 Å². The van der Waals surface area contributed by atoms with Gasteiger partial charge in [0.25, 0.3) is 5.91 Å². The number of urea groups is 1. The lowest BCUT2D eigenvalue weighted by molar-refractivity contribution is -0.130. The maximum absolute atomic E-state index is 12.2. The maximum Gasteiger partial charge on any atom is 0.325 e. The van der Waals surface area contributed by atoms with E-state index in [4.69, 9.17) is 0 Å². The fourth-order valence-corrected chi connectivity index (χ4v) is 4.25. The van der Waals surface area contributed by atoms with E-state index in [9.17, 15) is 9.59 Å². The highest BCUT2D eigenvalue weighted by Gasteiger charge is 2.44. The third-order valence-electron chi connectivity index (χ3n) is 5.41. The molecule has 1 N–H and O–H groups in total. The van der Waals surface area contributed by atoms with Gasteiger partial charge in [-0.05, 0) is 52.0 Å². The molecule has 3 rings (SSSR count). The van der Waals surface area contributed by atoms with E-state index in [-0.39, 0.29) is 11.9 Å². The summed E-state index contributed by atoms with van der Waals surface area (Å²) < 4.78 is 0. The van der Waals surface area contributed by atoms with Gasteiger partial charge in [-0.25, -0.2) is 4.79 Å². The molecule has 3 amide bonds. The van der Waals surface area contributed by atoms with E-state index < -0.39 is 5.54 Å². The van der Waals surface area contributed by atoms with Crippen molar-refractivity contribution in [3.63, 3.8) is 0 Å². The predicted molar refractivity (Wildman–Crippen MR) is 80.9 cm³/mol. The number of carbonyl (C=O) groups is 2. The Balaban J connectivity index is 1.59. The molecule has 0 spiro atoms. The molecule has 2 saturated heterocycles. The Morgan fingerprint density at radius 1 is 1.10 bits per heavy atom. The molecule has 5 nitrogen and oxygen atoms in total. The largest absolute Gasteiger partial charge is 0.325 e. The Bertz CT molecular complexity index is 433. The van der Waals surface area contributed by atoms with Gasteiger partial charge in [0.2, 0.25) is 0 Å². The first kappa shape index (κ1) is 14.8. The van der Waals surface area contributed by atoms with E-state index in [0.29, 0.717) is 12.6 Å². The molecule has 0 aromatic heterocycles. The van der Waals surface area contributed by atoms with Crippen molar-refractivity contribution in [1.82, 2.24) is 15.1 Å². The normalized spacial score (nSPS) is 33.0. The summed E-state index contributed by atoms with van der Waals surface area (Å²) in [5.74, 6) is 0.747. The number of rotatable bonds is 3. The Morgan fingerprint density at radius 2 is 1.81 bits per heavy atom. The van der Waals surface area contributed by atoms with Gasteiger partial charge in [0.15, 0.2) is 0 Å². The molecule has 1 saturated carbocycles. The highest BCUT2D eigenvalue weighted by molar-refractivity contribution is 6.06.